The van der Waals surface area contributed by atoms with Crippen molar-refractivity contribution < 1.29 is 14.3 Å². The van der Waals surface area contributed by atoms with Gasteiger partial charge in [0, 0.05) is 11.8 Å². The molecule has 0 radical (unpaired) electrons. The Morgan fingerprint density at radius 2 is 1.79 bits per heavy atom. The maximum Gasteiger partial charge on any atom is 0.274 e. The second-order valence-corrected chi connectivity index (χ2v) is 6.07. The quantitative estimate of drug-likeness (QED) is 0.499. The summed E-state index contributed by atoms with van der Waals surface area (Å²) in [6.45, 7) is 0.0361. The van der Waals surface area contributed by atoms with Crippen molar-refractivity contribution in [2.24, 2.45) is 0 Å². The number of aromatic nitrogens is 4. The van der Waals surface area contributed by atoms with Gasteiger partial charge in [-0.05, 0) is 36.4 Å². The van der Waals surface area contributed by atoms with Crippen molar-refractivity contribution in [1.29, 1.82) is 0 Å². The second-order valence-electron chi connectivity index (χ2n) is 6.07. The topological polar surface area (TPSA) is 111 Å². The van der Waals surface area contributed by atoms with Crippen molar-refractivity contribution >= 4 is 17.4 Å². The van der Waals surface area contributed by atoms with Gasteiger partial charge < -0.3 is 14.8 Å². The minimum atomic E-state index is -0.264. The third-order valence-electron chi connectivity index (χ3n) is 3.96. The molecule has 2 aromatic carbocycles. The number of carbonyl (C=O) groups excluding carboxylic acids is 1. The highest BCUT2D eigenvalue weighted by atomic mass is 16.5. The van der Waals surface area contributed by atoms with Gasteiger partial charge in [-0.25, -0.2) is 9.97 Å². The highest BCUT2D eigenvalue weighted by Crippen LogP contribution is 2.17. The third kappa shape index (κ3) is 4.59. The Bertz CT molecular complexity index is 1170. The van der Waals surface area contributed by atoms with Crippen LogP contribution in [0.25, 0.3) is 5.78 Å². The van der Waals surface area contributed by atoms with Crippen molar-refractivity contribution in [3.63, 3.8) is 0 Å². The molecule has 146 valence electrons. The SMILES string of the molecule is O=C(COc1ccccc1)Nc1ccc(OCc2cc(=O)n3[nH]cnc3n2)cc1. The number of hydrogen-bond donors (Lipinski definition) is 2. The van der Waals surface area contributed by atoms with Crippen LogP contribution < -0.4 is 20.3 Å². The standard InChI is InChI=1S/C20H17N5O4/c26-18(12-29-16-4-2-1-3-5-16)23-14-6-8-17(9-7-14)28-11-15-10-19(27)25-20(24-15)21-13-22-25/h1-10,13H,11-12H2,(H,23,26)(H,21,22,24). The summed E-state index contributed by atoms with van der Waals surface area (Å²) in [6.07, 6.45) is 1.40. The number of para-hydroxylation sites is 1. The molecule has 0 atom stereocenters. The van der Waals surface area contributed by atoms with Crippen LogP contribution in [0.3, 0.4) is 0 Å². The number of nitrogens with one attached hydrogen (secondary N) is 2. The minimum Gasteiger partial charge on any atom is -0.487 e. The Morgan fingerprint density at radius 1 is 1.03 bits per heavy atom. The summed E-state index contributed by atoms with van der Waals surface area (Å²) in [4.78, 5) is 32.1. The van der Waals surface area contributed by atoms with Crippen molar-refractivity contribution in [3.8, 4) is 11.5 Å². The fourth-order valence-electron chi connectivity index (χ4n) is 2.60. The zero-order valence-electron chi connectivity index (χ0n) is 15.2. The molecule has 0 aliphatic carbocycles. The van der Waals surface area contributed by atoms with Crippen LogP contribution in [0.15, 0.2) is 71.8 Å². The number of H-pyrrole nitrogens is 1. The molecule has 9 nitrogen and oxygen atoms in total. The normalized spacial score (nSPS) is 10.6. The number of fused-ring (bicyclic) bond motifs is 1. The van der Waals surface area contributed by atoms with Gasteiger partial charge in [0.15, 0.2) is 6.61 Å². The van der Waals surface area contributed by atoms with Gasteiger partial charge in [-0.1, -0.05) is 18.2 Å². The van der Waals surface area contributed by atoms with Gasteiger partial charge in [0.05, 0.1) is 5.69 Å². The van der Waals surface area contributed by atoms with Crippen molar-refractivity contribution in [2.45, 2.75) is 6.61 Å². The molecule has 2 aromatic heterocycles. The molecule has 9 heteroatoms. The van der Waals surface area contributed by atoms with Crippen molar-refractivity contribution in [1.82, 2.24) is 19.6 Å². The molecule has 1 amide bonds. The first-order chi connectivity index (χ1) is 14.2. The van der Waals surface area contributed by atoms with Gasteiger partial charge in [0.1, 0.15) is 24.4 Å². The van der Waals surface area contributed by atoms with Crippen LogP contribution in [0.2, 0.25) is 0 Å². The number of amides is 1. The molecule has 0 aliphatic rings. The molecule has 0 unspecified atom stereocenters. The lowest BCUT2D eigenvalue weighted by molar-refractivity contribution is -0.118. The highest BCUT2D eigenvalue weighted by molar-refractivity contribution is 5.91. The molecule has 0 saturated carbocycles. The smallest absolute Gasteiger partial charge is 0.274 e. The van der Waals surface area contributed by atoms with Crippen LogP contribution in [-0.2, 0) is 11.4 Å². The van der Waals surface area contributed by atoms with E-state index in [1.54, 1.807) is 36.4 Å². The van der Waals surface area contributed by atoms with Gasteiger partial charge in [-0.3, -0.25) is 14.7 Å². The number of carbonyl (C=O) groups is 1. The first-order valence-electron chi connectivity index (χ1n) is 8.80. The predicted octanol–water partition coefficient (Wildman–Crippen LogP) is 2.01. The van der Waals surface area contributed by atoms with E-state index in [-0.39, 0.29) is 30.5 Å². The van der Waals surface area contributed by atoms with Gasteiger partial charge in [-0.15, -0.1) is 0 Å². The number of benzene rings is 2. The summed E-state index contributed by atoms with van der Waals surface area (Å²) >= 11 is 0. The van der Waals surface area contributed by atoms with Crippen LogP contribution in [-0.4, -0.2) is 32.1 Å². The molecule has 4 rings (SSSR count). The Balaban J connectivity index is 1.30. The number of hydrogen-bond acceptors (Lipinski definition) is 6. The van der Waals surface area contributed by atoms with Gasteiger partial charge in [-0.2, -0.15) is 4.52 Å². The molecule has 0 fully saturated rings. The minimum absolute atomic E-state index is 0.0842. The zero-order chi connectivity index (χ0) is 20.1. The maximum absolute atomic E-state index is 12.0. The average Bonchev–Trinajstić information content (AvgIpc) is 3.22. The van der Waals surface area contributed by atoms with Crippen molar-refractivity contribution in [2.75, 3.05) is 11.9 Å². The van der Waals surface area contributed by atoms with E-state index >= 15 is 0 Å². The molecule has 0 bridgehead atoms. The van der Waals surface area contributed by atoms with E-state index < -0.39 is 0 Å². The first-order valence-corrected chi connectivity index (χ1v) is 8.80. The predicted molar refractivity (Wildman–Crippen MR) is 105 cm³/mol. The van der Waals surface area contributed by atoms with Crippen LogP contribution in [0, 0.1) is 0 Å². The third-order valence-corrected chi connectivity index (χ3v) is 3.96. The van der Waals surface area contributed by atoms with Gasteiger partial charge in [0.2, 0.25) is 0 Å². The summed E-state index contributed by atoms with van der Waals surface area (Å²) in [6, 6.07) is 17.4. The van der Waals surface area contributed by atoms with Crippen LogP contribution in [0.1, 0.15) is 5.69 Å². The summed E-state index contributed by atoms with van der Waals surface area (Å²) in [5, 5.41) is 5.43. The van der Waals surface area contributed by atoms with Gasteiger partial charge >= 0.3 is 0 Å². The van der Waals surface area contributed by atoms with E-state index in [2.05, 4.69) is 20.4 Å². The van der Waals surface area contributed by atoms with Crippen LogP contribution >= 0.6 is 0 Å². The molecule has 0 spiro atoms. The molecule has 2 heterocycles. The summed E-state index contributed by atoms with van der Waals surface area (Å²) in [7, 11) is 0. The largest absolute Gasteiger partial charge is 0.487 e. The highest BCUT2D eigenvalue weighted by Gasteiger charge is 2.06. The number of ether oxygens (including phenoxy) is 2. The molecule has 4 aromatic rings. The monoisotopic (exact) mass is 391 g/mol. The Hall–Kier alpha value is -4.14. The summed E-state index contributed by atoms with van der Waals surface area (Å²) < 4.78 is 12.3. The molecule has 0 aliphatic heterocycles. The van der Waals surface area contributed by atoms with Crippen LogP contribution in [0.4, 0.5) is 5.69 Å². The Labute approximate surface area is 164 Å². The number of rotatable bonds is 7. The first kappa shape index (κ1) is 18.2. The lowest BCUT2D eigenvalue weighted by atomic mass is 10.3. The van der Waals surface area contributed by atoms with E-state index in [0.717, 1.165) is 0 Å². The lowest BCUT2D eigenvalue weighted by Crippen LogP contribution is -2.20. The number of anilines is 1. The summed E-state index contributed by atoms with van der Waals surface area (Å²) in [5.41, 5.74) is 0.827. The Morgan fingerprint density at radius 3 is 2.59 bits per heavy atom. The maximum atomic E-state index is 12.0. The second kappa shape index (κ2) is 8.26. The number of aromatic amines is 1. The van der Waals surface area contributed by atoms with E-state index in [9.17, 15) is 9.59 Å². The fraction of sp³-hybridized carbons (Fsp3) is 0.100. The molecular formula is C20H17N5O4. The Kier molecular flexibility index (Phi) is 5.19. The van der Waals surface area contributed by atoms with E-state index in [4.69, 9.17) is 9.47 Å². The van der Waals surface area contributed by atoms with Crippen LogP contribution in [0.5, 0.6) is 11.5 Å². The molecule has 29 heavy (non-hydrogen) atoms. The zero-order valence-corrected chi connectivity index (χ0v) is 15.2. The van der Waals surface area contributed by atoms with E-state index in [1.807, 2.05) is 18.2 Å². The van der Waals surface area contributed by atoms with Gasteiger partial charge in [0.25, 0.3) is 17.2 Å². The lowest BCUT2D eigenvalue weighted by Gasteiger charge is -2.09. The summed E-state index contributed by atoms with van der Waals surface area (Å²) in [5.74, 6) is 1.23. The van der Waals surface area contributed by atoms with E-state index in [0.29, 0.717) is 22.9 Å². The molecular weight excluding hydrogens is 374 g/mol. The fourth-order valence-corrected chi connectivity index (χ4v) is 2.60. The molecule has 2 N–H and O–H groups in total. The van der Waals surface area contributed by atoms with E-state index in [1.165, 1.54) is 16.9 Å². The molecule has 0 saturated heterocycles. The number of nitrogens with zero attached hydrogens (tertiary/aromatic N) is 3. The average molecular weight is 391 g/mol. The van der Waals surface area contributed by atoms with Crippen molar-refractivity contribution in [3.05, 3.63) is 83.0 Å².